The van der Waals surface area contributed by atoms with Crippen molar-refractivity contribution in [3.8, 4) is 17.2 Å². The highest BCUT2D eigenvalue weighted by Crippen LogP contribution is 2.39. The van der Waals surface area contributed by atoms with E-state index in [1.165, 1.54) is 21.3 Å². The number of benzene rings is 1. The molecule has 0 amide bonds. The molecular weight excluding hydrogens is 282 g/mol. The van der Waals surface area contributed by atoms with Gasteiger partial charge in [0.1, 0.15) is 22.9 Å². The van der Waals surface area contributed by atoms with Crippen LogP contribution in [0, 0.1) is 0 Å². The first-order valence-corrected chi connectivity index (χ1v) is 7.93. The molecule has 0 saturated heterocycles. The summed E-state index contributed by atoms with van der Waals surface area (Å²) >= 11 is 0. The standard InChI is InChI=1S/C13H21NO5S/c1-5-6-7-20(15,16)14-13-11(18-3)8-10(17-2)9-12(13)19-4/h8-9,14H,5-7H2,1-4H3. The molecule has 0 aliphatic heterocycles. The van der Waals surface area contributed by atoms with Gasteiger partial charge in [-0.05, 0) is 6.42 Å². The number of ether oxygens (including phenoxy) is 3. The molecule has 0 aliphatic carbocycles. The molecule has 1 N–H and O–H groups in total. The fourth-order valence-electron chi connectivity index (χ4n) is 1.65. The van der Waals surface area contributed by atoms with Crippen LogP contribution in [0.25, 0.3) is 0 Å². The summed E-state index contributed by atoms with van der Waals surface area (Å²) in [6.45, 7) is 1.93. The highest BCUT2D eigenvalue weighted by atomic mass is 32.2. The molecule has 0 spiro atoms. The van der Waals surface area contributed by atoms with Crippen LogP contribution in [0.4, 0.5) is 5.69 Å². The third-order valence-corrected chi connectivity index (χ3v) is 4.08. The van der Waals surface area contributed by atoms with E-state index in [1.54, 1.807) is 12.1 Å². The summed E-state index contributed by atoms with van der Waals surface area (Å²) < 4.78 is 42.0. The van der Waals surface area contributed by atoms with Gasteiger partial charge >= 0.3 is 0 Å². The third-order valence-electron chi connectivity index (χ3n) is 2.74. The average Bonchev–Trinajstić information content (AvgIpc) is 2.44. The number of hydrogen-bond donors (Lipinski definition) is 1. The van der Waals surface area contributed by atoms with Crippen LogP contribution in [0.3, 0.4) is 0 Å². The normalized spacial score (nSPS) is 11.0. The first-order valence-electron chi connectivity index (χ1n) is 6.28. The Morgan fingerprint density at radius 2 is 1.60 bits per heavy atom. The summed E-state index contributed by atoms with van der Waals surface area (Å²) in [5.74, 6) is 1.28. The van der Waals surface area contributed by atoms with Gasteiger partial charge in [-0.15, -0.1) is 0 Å². The molecule has 0 bridgehead atoms. The highest BCUT2D eigenvalue weighted by Gasteiger charge is 2.19. The van der Waals surface area contributed by atoms with Crippen LogP contribution in [-0.2, 0) is 10.0 Å². The van der Waals surface area contributed by atoms with Gasteiger partial charge in [0.05, 0.1) is 27.1 Å². The molecular formula is C13H21NO5S. The lowest BCUT2D eigenvalue weighted by atomic mass is 10.2. The van der Waals surface area contributed by atoms with Crippen LogP contribution < -0.4 is 18.9 Å². The summed E-state index contributed by atoms with van der Waals surface area (Å²) in [6.07, 6.45) is 1.40. The van der Waals surface area contributed by atoms with Crippen molar-refractivity contribution >= 4 is 15.7 Å². The Balaban J connectivity index is 3.16. The molecule has 0 fully saturated rings. The minimum atomic E-state index is -3.43. The van der Waals surface area contributed by atoms with Crippen molar-refractivity contribution in [1.82, 2.24) is 0 Å². The van der Waals surface area contributed by atoms with Gasteiger partial charge < -0.3 is 14.2 Å². The number of methoxy groups -OCH3 is 3. The van der Waals surface area contributed by atoms with Crippen LogP contribution >= 0.6 is 0 Å². The van der Waals surface area contributed by atoms with E-state index in [1.807, 2.05) is 6.92 Å². The van der Waals surface area contributed by atoms with Crippen LogP contribution in [0.15, 0.2) is 12.1 Å². The average molecular weight is 303 g/mol. The van der Waals surface area contributed by atoms with Crippen molar-refractivity contribution in [2.75, 3.05) is 31.8 Å². The number of nitrogens with one attached hydrogen (secondary N) is 1. The Morgan fingerprint density at radius 3 is 2.00 bits per heavy atom. The topological polar surface area (TPSA) is 73.9 Å². The fraction of sp³-hybridized carbons (Fsp3) is 0.538. The molecule has 1 aromatic rings. The Bertz CT molecular complexity index is 517. The molecule has 114 valence electrons. The number of anilines is 1. The Morgan fingerprint density at radius 1 is 1.05 bits per heavy atom. The summed E-state index contributed by atoms with van der Waals surface area (Å²) in [5.41, 5.74) is 0.284. The van der Waals surface area contributed by atoms with E-state index in [-0.39, 0.29) is 11.4 Å². The Kier molecular flexibility index (Phi) is 5.94. The van der Waals surface area contributed by atoms with Crippen molar-refractivity contribution in [3.05, 3.63) is 12.1 Å². The van der Waals surface area contributed by atoms with Crippen molar-refractivity contribution in [1.29, 1.82) is 0 Å². The van der Waals surface area contributed by atoms with Crippen molar-refractivity contribution in [2.24, 2.45) is 0 Å². The Labute approximate surface area is 120 Å². The summed E-state index contributed by atoms with van der Waals surface area (Å²) in [5, 5.41) is 0. The molecule has 1 rings (SSSR count). The molecule has 1 aromatic carbocycles. The molecule has 0 aromatic heterocycles. The zero-order valence-electron chi connectivity index (χ0n) is 12.2. The van der Waals surface area contributed by atoms with E-state index in [0.717, 1.165) is 6.42 Å². The van der Waals surface area contributed by atoms with Crippen molar-refractivity contribution < 1.29 is 22.6 Å². The molecule has 0 unspecified atom stereocenters. The minimum Gasteiger partial charge on any atom is -0.496 e. The maximum atomic E-state index is 12.0. The van der Waals surface area contributed by atoms with E-state index in [4.69, 9.17) is 14.2 Å². The van der Waals surface area contributed by atoms with Gasteiger partial charge in [-0.3, -0.25) is 4.72 Å². The van der Waals surface area contributed by atoms with Crippen molar-refractivity contribution in [3.63, 3.8) is 0 Å². The number of unbranched alkanes of at least 4 members (excludes halogenated alkanes) is 1. The van der Waals surface area contributed by atoms with Gasteiger partial charge in [0.15, 0.2) is 0 Å². The number of hydrogen-bond acceptors (Lipinski definition) is 5. The molecule has 0 saturated carbocycles. The van der Waals surface area contributed by atoms with E-state index < -0.39 is 10.0 Å². The van der Waals surface area contributed by atoms with Crippen molar-refractivity contribution in [2.45, 2.75) is 19.8 Å². The monoisotopic (exact) mass is 303 g/mol. The number of sulfonamides is 1. The fourth-order valence-corrected chi connectivity index (χ4v) is 2.93. The molecule has 0 atom stereocenters. The lowest BCUT2D eigenvalue weighted by Crippen LogP contribution is -2.17. The zero-order chi connectivity index (χ0) is 15.2. The smallest absolute Gasteiger partial charge is 0.232 e. The molecule has 6 nitrogen and oxygen atoms in total. The highest BCUT2D eigenvalue weighted by molar-refractivity contribution is 7.92. The zero-order valence-corrected chi connectivity index (χ0v) is 13.0. The summed E-state index contributed by atoms with van der Waals surface area (Å²) in [7, 11) is 0.994. The predicted octanol–water partition coefficient (Wildman–Crippen LogP) is 2.25. The van der Waals surface area contributed by atoms with Gasteiger partial charge in [-0.2, -0.15) is 0 Å². The van der Waals surface area contributed by atoms with Gasteiger partial charge in [0, 0.05) is 12.1 Å². The second kappa shape index (κ2) is 7.23. The lowest BCUT2D eigenvalue weighted by molar-refractivity contribution is 0.378. The lowest BCUT2D eigenvalue weighted by Gasteiger charge is -2.16. The molecule has 0 radical (unpaired) electrons. The van der Waals surface area contributed by atoms with E-state index in [2.05, 4.69) is 4.72 Å². The summed E-state index contributed by atoms with van der Waals surface area (Å²) in [6, 6.07) is 3.19. The van der Waals surface area contributed by atoms with E-state index in [9.17, 15) is 8.42 Å². The predicted molar refractivity (Wildman–Crippen MR) is 78.4 cm³/mol. The SMILES string of the molecule is CCCCS(=O)(=O)Nc1c(OC)cc(OC)cc1OC. The quantitative estimate of drug-likeness (QED) is 0.797. The van der Waals surface area contributed by atoms with E-state index >= 15 is 0 Å². The van der Waals surface area contributed by atoms with Crippen LogP contribution in [0.5, 0.6) is 17.2 Å². The molecule has 20 heavy (non-hydrogen) atoms. The number of rotatable bonds is 8. The largest absolute Gasteiger partial charge is 0.496 e. The van der Waals surface area contributed by atoms with Crippen LogP contribution in [0.1, 0.15) is 19.8 Å². The van der Waals surface area contributed by atoms with Crippen LogP contribution in [-0.4, -0.2) is 35.5 Å². The third kappa shape index (κ3) is 4.19. The summed E-state index contributed by atoms with van der Waals surface area (Å²) in [4.78, 5) is 0. The molecule has 0 heterocycles. The van der Waals surface area contributed by atoms with Crippen LogP contribution in [0.2, 0.25) is 0 Å². The molecule has 7 heteroatoms. The second-order valence-electron chi connectivity index (χ2n) is 4.18. The Hall–Kier alpha value is -1.63. The van der Waals surface area contributed by atoms with Gasteiger partial charge in [-0.25, -0.2) is 8.42 Å². The first kappa shape index (κ1) is 16.4. The minimum absolute atomic E-state index is 0.0574. The maximum Gasteiger partial charge on any atom is 0.232 e. The first-order chi connectivity index (χ1) is 9.47. The maximum absolute atomic E-state index is 12.0. The van der Waals surface area contributed by atoms with Gasteiger partial charge in [0.25, 0.3) is 0 Å². The van der Waals surface area contributed by atoms with Gasteiger partial charge in [0.2, 0.25) is 10.0 Å². The van der Waals surface area contributed by atoms with E-state index in [0.29, 0.717) is 23.7 Å². The second-order valence-corrected chi connectivity index (χ2v) is 6.02. The van der Waals surface area contributed by atoms with Gasteiger partial charge in [-0.1, -0.05) is 13.3 Å². The molecule has 0 aliphatic rings.